The van der Waals surface area contributed by atoms with Gasteiger partial charge in [0.25, 0.3) is 0 Å². The van der Waals surface area contributed by atoms with Gasteiger partial charge in [0.2, 0.25) is 5.91 Å². The summed E-state index contributed by atoms with van der Waals surface area (Å²) in [7, 11) is 3.60. The fourth-order valence-corrected chi connectivity index (χ4v) is 2.98. The minimum atomic E-state index is 0.0279. The van der Waals surface area contributed by atoms with Gasteiger partial charge in [-0.15, -0.1) is 0 Å². The van der Waals surface area contributed by atoms with Gasteiger partial charge in [0, 0.05) is 58.2 Å². The van der Waals surface area contributed by atoms with Crippen molar-refractivity contribution in [2.75, 3.05) is 32.5 Å². The Bertz CT molecular complexity index is 667. The van der Waals surface area contributed by atoms with Crippen molar-refractivity contribution in [3.63, 3.8) is 0 Å². The number of anilines is 1. The lowest BCUT2D eigenvalue weighted by molar-refractivity contribution is -0.129. The molecule has 1 aliphatic heterocycles. The highest BCUT2D eigenvalue weighted by molar-refractivity contribution is 5.76. The summed E-state index contributed by atoms with van der Waals surface area (Å²) in [5.41, 5.74) is 1.15. The van der Waals surface area contributed by atoms with Crippen molar-refractivity contribution in [2.45, 2.75) is 19.0 Å². The quantitative estimate of drug-likeness (QED) is 0.848. The Kier molecular flexibility index (Phi) is 5.15. The average molecular weight is 327 g/mol. The van der Waals surface area contributed by atoms with Crippen LogP contribution in [-0.4, -0.2) is 47.8 Å². The summed E-state index contributed by atoms with van der Waals surface area (Å²) in [5, 5.41) is 11.3. The van der Waals surface area contributed by atoms with E-state index in [9.17, 15) is 4.79 Å². The molecular weight excluding hydrogens is 302 g/mol. The fraction of sp³-hybridized carbons (Fsp3) is 0.444. The number of fused-ring (bicyclic) bond motifs is 1. The van der Waals surface area contributed by atoms with Gasteiger partial charge in [0.05, 0.1) is 6.20 Å². The molecule has 6 heteroatoms. The van der Waals surface area contributed by atoms with Gasteiger partial charge in [-0.2, -0.15) is 5.10 Å². The third-order valence-corrected chi connectivity index (χ3v) is 4.45. The topological polar surface area (TPSA) is 62.2 Å². The van der Waals surface area contributed by atoms with Crippen molar-refractivity contribution < 1.29 is 4.79 Å². The first-order chi connectivity index (χ1) is 11.6. The van der Waals surface area contributed by atoms with Crippen molar-refractivity contribution in [2.24, 2.45) is 5.92 Å². The van der Waals surface area contributed by atoms with E-state index in [2.05, 4.69) is 27.9 Å². The molecule has 0 radical (unpaired) electrons. The summed E-state index contributed by atoms with van der Waals surface area (Å²) in [6.07, 6.45) is 2.28. The van der Waals surface area contributed by atoms with E-state index >= 15 is 0 Å². The number of carbonyl (C=O) groups excluding carboxylic acids is 1. The monoisotopic (exact) mass is 327 g/mol. The standard InChI is InChI=1S/C18H25N5O/c1-22(2)18(24)10-16(15-6-4-3-5-7-15)19-11-14-12-20-17-8-9-21-23(17)13-14/h3-9,14,16,19-20H,10-13H2,1-2H3/t14-,16-/m0/s1. The first-order valence-electron chi connectivity index (χ1n) is 8.37. The molecule has 1 aliphatic rings. The second kappa shape index (κ2) is 7.49. The van der Waals surface area contributed by atoms with Crippen LogP contribution in [0.3, 0.4) is 0 Å². The summed E-state index contributed by atoms with van der Waals surface area (Å²) < 4.78 is 2.00. The Morgan fingerprint density at radius 1 is 1.38 bits per heavy atom. The van der Waals surface area contributed by atoms with Crippen LogP contribution in [0.5, 0.6) is 0 Å². The summed E-state index contributed by atoms with van der Waals surface area (Å²) >= 11 is 0. The maximum atomic E-state index is 12.2. The van der Waals surface area contributed by atoms with Gasteiger partial charge in [-0.25, -0.2) is 4.68 Å². The van der Waals surface area contributed by atoms with Gasteiger partial charge >= 0.3 is 0 Å². The zero-order valence-electron chi connectivity index (χ0n) is 14.3. The van der Waals surface area contributed by atoms with E-state index in [1.165, 1.54) is 0 Å². The van der Waals surface area contributed by atoms with Crippen molar-refractivity contribution in [1.29, 1.82) is 0 Å². The highest BCUT2D eigenvalue weighted by Gasteiger charge is 2.21. The van der Waals surface area contributed by atoms with Gasteiger partial charge in [0.15, 0.2) is 0 Å². The van der Waals surface area contributed by atoms with Crippen LogP contribution in [0.2, 0.25) is 0 Å². The van der Waals surface area contributed by atoms with Crippen LogP contribution in [0.4, 0.5) is 5.82 Å². The Balaban J connectivity index is 1.63. The van der Waals surface area contributed by atoms with E-state index in [4.69, 9.17) is 0 Å². The third-order valence-electron chi connectivity index (χ3n) is 4.45. The van der Waals surface area contributed by atoms with Crippen LogP contribution in [-0.2, 0) is 11.3 Å². The van der Waals surface area contributed by atoms with Gasteiger partial charge in [-0.3, -0.25) is 4.79 Å². The summed E-state index contributed by atoms with van der Waals surface area (Å²) in [5.74, 6) is 1.65. The van der Waals surface area contributed by atoms with Gasteiger partial charge in [-0.05, 0) is 5.56 Å². The second-order valence-electron chi connectivity index (χ2n) is 6.51. The Hall–Kier alpha value is -2.34. The zero-order chi connectivity index (χ0) is 16.9. The largest absolute Gasteiger partial charge is 0.370 e. The number of hydrogen-bond acceptors (Lipinski definition) is 4. The zero-order valence-corrected chi connectivity index (χ0v) is 14.3. The molecule has 0 saturated heterocycles. The van der Waals surface area contributed by atoms with Crippen LogP contribution in [0.15, 0.2) is 42.6 Å². The Morgan fingerprint density at radius 2 is 2.17 bits per heavy atom. The molecule has 1 amide bonds. The molecule has 6 nitrogen and oxygen atoms in total. The first kappa shape index (κ1) is 16.5. The van der Waals surface area contributed by atoms with E-state index in [-0.39, 0.29) is 11.9 Å². The molecule has 0 bridgehead atoms. The molecule has 2 N–H and O–H groups in total. The summed E-state index contributed by atoms with van der Waals surface area (Å²) in [6.45, 7) is 2.65. The highest BCUT2D eigenvalue weighted by atomic mass is 16.2. The number of nitrogens with zero attached hydrogens (tertiary/aromatic N) is 3. The number of carbonyl (C=O) groups is 1. The van der Waals surface area contributed by atoms with Crippen molar-refractivity contribution in [1.82, 2.24) is 20.0 Å². The van der Waals surface area contributed by atoms with Crippen molar-refractivity contribution in [3.8, 4) is 0 Å². The molecule has 0 fully saturated rings. The predicted octanol–water partition coefficient (Wildman–Crippen LogP) is 1.73. The second-order valence-corrected chi connectivity index (χ2v) is 6.51. The molecule has 1 aromatic carbocycles. The summed E-state index contributed by atoms with van der Waals surface area (Å²) in [4.78, 5) is 13.8. The average Bonchev–Trinajstić information content (AvgIpc) is 3.06. The number of nitrogens with one attached hydrogen (secondary N) is 2. The van der Waals surface area contributed by atoms with Gasteiger partial charge in [-0.1, -0.05) is 30.3 Å². The predicted molar refractivity (Wildman–Crippen MR) is 94.7 cm³/mol. The molecule has 2 atom stereocenters. The maximum absolute atomic E-state index is 12.2. The number of rotatable bonds is 6. The van der Waals surface area contributed by atoms with Crippen LogP contribution in [0, 0.1) is 5.92 Å². The SMILES string of the molecule is CN(C)C(=O)C[C@H](NC[C@H]1CNc2ccnn2C1)c1ccccc1. The fourth-order valence-electron chi connectivity index (χ4n) is 2.98. The number of aromatic nitrogens is 2. The molecule has 0 aliphatic carbocycles. The third kappa shape index (κ3) is 3.94. The normalized spacial score (nSPS) is 17.7. The molecule has 2 aromatic rings. The maximum Gasteiger partial charge on any atom is 0.223 e. The van der Waals surface area contributed by atoms with E-state index in [1.54, 1.807) is 19.0 Å². The molecule has 24 heavy (non-hydrogen) atoms. The van der Waals surface area contributed by atoms with E-state index in [1.807, 2.05) is 35.1 Å². The highest BCUT2D eigenvalue weighted by Crippen LogP contribution is 2.20. The van der Waals surface area contributed by atoms with Crippen LogP contribution < -0.4 is 10.6 Å². The lowest BCUT2D eigenvalue weighted by Crippen LogP contribution is -2.38. The molecule has 1 aromatic heterocycles. The van der Waals surface area contributed by atoms with E-state index < -0.39 is 0 Å². The number of benzene rings is 1. The van der Waals surface area contributed by atoms with Crippen molar-refractivity contribution >= 4 is 11.7 Å². The minimum Gasteiger partial charge on any atom is -0.370 e. The summed E-state index contributed by atoms with van der Waals surface area (Å²) in [6, 6.07) is 12.2. The molecule has 2 heterocycles. The lowest BCUT2D eigenvalue weighted by Gasteiger charge is -2.28. The van der Waals surface area contributed by atoms with Crippen LogP contribution in [0.1, 0.15) is 18.0 Å². The first-order valence-corrected chi connectivity index (χ1v) is 8.37. The van der Waals surface area contributed by atoms with E-state index in [0.717, 1.165) is 31.0 Å². The van der Waals surface area contributed by atoms with Gasteiger partial charge in [0.1, 0.15) is 5.82 Å². The van der Waals surface area contributed by atoms with Crippen LogP contribution in [0.25, 0.3) is 0 Å². The number of amides is 1. The van der Waals surface area contributed by atoms with E-state index in [0.29, 0.717) is 12.3 Å². The molecule has 0 saturated carbocycles. The molecule has 128 valence electrons. The van der Waals surface area contributed by atoms with Gasteiger partial charge < -0.3 is 15.5 Å². The van der Waals surface area contributed by atoms with Crippen molar-refractivity contribution in [3.05, 3.63) is 48.2 Å². The molecule has 0 unspecified atom stereocenters. The molecule has 3 rings (SSSR count). The Labute approximate surface area is 142 Å². The molecule has 0 spiro atoms. The lowest BCUT2D eigenvalue weighted by atomic mass is 10.0. The minimum absolute atomic E-state index is 0.0279. The van der Waals surface area contributed by atoms with Crippen LogP contribution >= 0.6 is 0 Å². The Morgan fingerprint density at radius 3 is 2.92 bits per heavy atom. The smallest absolute Gasteiger partial charge is 0.223 e. The molecular formula is C18H25N5O. The number of hydrogen-bond donors (Lipinski definition) is 2.